The number of amides is 1. The highest BCUT2D eigenvalue weighted by Crippen LogP contribution is 2.34. The fourth-order valence-electron chi connectivity index (χ4n) is 3.07. The van der Waals surface area contributed by atoms with Crippen LogP contribution in [0.25, 0.3) is 11.5 Å². The summed E-state index contributed by atoms with van der Waals surface area (Å²) in [6.45, 7) is 5.56. The Kier molecular flexibility index (Phi) is 5.57. The number of carbonyl (C=O) groups is 1. The fraction of sp³-hybridized carbons (Fsp3) is 0.526. The summed E-state index contributed by atoms with van der Waals surface area (Å²) in [4.78, 5) is 14.1. The number of piperidine rings is 1. The third kappa shape index (κ3) is 5.06. The van der Waals surface area contributed by atoms with Gasteiger partial charge in [0, 0.05) is 18.2 Å². The zero-order chi connectivity index (χ0) is 21.4. The van der Waals surface area contributed by atoms with E-state index < -0.39 is 29.5 Å². The number of nitrogens with two attached hydrogens (primary N) is 1. The first-order valence-electron chi connectivity index (χ1n) is 9.20. The minimum Gasteiger partial charge on any atom is -0.444 e. The van der Waals surface area contributed by atoms with Crippen molar-refractivity contribution in [2.45, 2.75) is 57.5 Å². The van der Waals surface area contributed by atoms with Crippen LogP contribution in [0.15, 0.2) is 28.7 Å². The lowest BCUT2D eigenvalue weighted by Crippen LogP contribution is -2.49. The third-order valence-electron chi connectivity index (χ3n) is 4.43. The van der Waals surface area contributed by atoms with Gasteiger partial charge in [-0.15, -0.1) is 10.2 Å². The number of likely N-dealkylation sites (tertiary alicyclic amines) is 1. The lowest BCUT2D eigenvalue weighted by atomic mass is 9.99. The molecule has 1 saturated heterocycles. The van der Waals surface area contributed by atoms with Crippen molar-refractivity contribution in [2.75, 3.05) is 6.54 Å². The molecule has 10 heteroatoms. The fourth-order valence-corrected chi connectivity index (χ4v) is 3.07. The normalized spacial score (nSPS) is 20.6. The lowest BCUT2D eigenvalue weighted by Gasteiger charge is -2.37. The minimum absolute atomic E-state index is 0.0766. The van der Waals surface area contributed by atoms with E-state index in [1.54, 1.807) is 20.8 Å². The van der Waals surface area contributed by atoms with Gasteiger partial charge >= 0.3 is 12.3 Å². The second kappa shape index (κ2) is 7.66. The van der Waals surface area contributed by atoms with E-state index in [9.17, 15) is 18.0 Å². The van der Waals surface area contributed by atoms with E-state index in [0.717, 1.165) is 12.1 Å². The van der Waals surface area contributed by atoms with Gasteiger partial charge in [0.1, 0.15) is 11.6 Å². The van der Waals surface area contributed by atoms with Crippen molar-refractivity contribution in [1.29, 1.82) is 0 Å². The first kappa shape index (κ1) is 21.1. The summed E-state index contributed by atoms with van der Waals surface area (Å²) in [5.74, 6) is 0.269. The van der Waals surface area contributed by atoms with Crippen LogP contribution in [0.1, 0.15) is 51.1 Å². The third-order valence-corrected chi connectivity index (χ3v) is 4.43. The van der Waals surface area contributed by atoms with Crippen LogP contribution >= 0.6 is 0 Å². The van der Waals surface area contributed by atoms with Crippen LogP contribution in [0, 0.1) is 0 Å². The summed E-state index contributed by atoms with van der Waals surface area (Å²) in [7, 11) is 0. The number of hydrogen-bond acceptors (Lipinski definition) is 6. The zero-order valence-electron chi connectivity index (χ0n) is 16.4. The van der Waals surface area contributed by atoms with Crippen molar-refractivity contribution in [1.82, 2.24) is 15.1 Å². The van der Waals surface area contributed by atoms with Gasteiger partial charge < -0.3 is 14.9 Å². The quantitative estimate of drug-likeness (QED) is 0.796. The highest BCUT2D eigenvalue weighted by atomic mass is 19.4. The highest BCUT2D eigenvalue weighted by molar-refractivity contribution is 5.69. The summed E-state index contributed by atoms with van der Waals surface area (Å²) in [6.07, 6.45) is -3.79. The second-order valence-electron chi connectivity index (χ2n) is 8.01. The van der Waals surface area contributed by atoms with Crippen LogP contribution in [0.3, 0.4) is 0 Å². The average Bonchev–Trinajstić information content (AvgIpc) is 3.09. The molecule has 158 valence electrons. The standard InChI is InChI=1S/C19H23F3N4O3/c1-18(2,3)29-17(27)26-10-13(23)8-9-14(26)16-25-24-15(28-16)11-4-6-12(7-5-11)19(20,21)22/h4-7,13-14H,8-10,23H2,1-3H3/t13-,14+/m0/s1. The number of aromatic nitrogens is 2. The van der Waals surface area contributed by atoms with E-state index in [-0.39, 0.29) is 24.4 Å². The molecule has 1 fully saturated rings. The summed E-state index contributed by atoms with van der Waals surface area (Å²) in [6, 6.07) is 3.72. The van der Waals surface area contributed by atoms with Gasteiger partial charge in [0.15, 0.2) is 0 Å². The van der Waals surface area contributed by atoms with Gasteiger partial charge in [-0.25, -0.2) is 4.79 Å². The van der Waals surface area contributed by atoms with E-state index in [1.165, 1.54) is 17.0 Å². The number of alkyl halides is 3. The van der Waals surface area contributed by atoms with Crippen LogP contribution in [-0.2, 0) is 10.9 Å². The molecule has 2 N–H and O–H groups in total. The van der Waals surface area contributed by atoms with Crippen molar-refractivity contribution >= 4 is 6.09 Å². The second-order valence-corrected chi connectivity index (χ2v) is 8.01. The predicted molar refractivity (Wildman–Crippen MR) is 97.6 cm³/mol. The number of benzene rings is 1. The summed E-state index contributed by atoms with van der Waals surface area (Å²) >= 11 is 0. The molecule has 0 aliphatic carbocycles. The van der Waals surface area contributed by atoms with Gasteiger partial charge in [-0.1, -0.05) is 0 Å². The van der Waals surface area contributed by atoms with Crippen molar-refractivity contribution in [3.63, 3.8) is 0 Å². The number of nitrogens with zero attached hydrogens (tertiary/aromatic N) is 3. The van der Waals surface area contributed by atoms with E-state index in [1.807, 2.05) is 0 Å². The molecule has 1 amide bonds. The molecule has 0 bridgehead atoms. The highest BCUT2D eigenvalue weighted by Gasteiger charge is 2.37. The molecule has 2 atom stereocenters. The van der Waals surface area contributed by atoms with Gasteiger partial charge in [-0.3, -0.25) is 4.90 Å². The number of ether oxygens (including phenoxy) is 1. The van der Waals surface area contributed by atoms with Gasteiger partial charge in [0.25, 0.3) is 0 Å². The van der Waals surface area contributed by atoms with E-state index in [4.69, 9.17) is 14.9 Å². The largest absolute Gasteiger partial charge is 0.444 e. The van der Waals surface area contributed by atoms with E-state index >= 15 is 0 Å². The Bertz CT molecular complexity index is 859. The Morgan fingerprint density at radius 1 is 1.17 bits per heavy atom. The van der Waals surface area contributed by atoms with E-state index in [2.05, 4.69) is 10.2 Å². The van der Waals surface area contributed by atoms with E-state index in [0.29, 0.717) is 18.4 Å². The Balaban J connectivity index is 1.82. The maximum atomic E-state index is 12.7. The molecule has 7 nitrogen and oxygen atoms in total. The minimum atomic E-state index is -4.42. The number of carbonyl (C=O) groups excluding carboxylic acids is 1. The molecule has 2 heterocycles. The molecule has 2 aromatic rings. The van der Waals surface area contributed by atoms with Gasteiger partial charge in [-0.2, -0.15) is 13.2 Å². The molecule has 0 radical (unpaired) electrons. The molecule has 3 rings (SSSR count). The smallest absolute Gasteiger partial charge is 0.416 e. The summed E-state index contributed by atoms with van der Waals surface area (Å²) in [5.41, 5.74) is 4.92. The van der Waals surface area contributed by atoms with Crippen molar-refractivity contribution in [3.8, 4) is 11.5 Å². The average molecular weight is 412 g/mol. The van der Waals surface area contributed by atoms with Crippen LogP contribution in [-0.4, -0.2) is 39.4 Å². The Morgan fingerprint density at radius 2 is 1.83 bits per heavy atom. The van der Waals surface area contributed by atoms with Crippen LogP contribution in [0.4, 0.5) is 18.0 Å². The summed E-state index contributed by atoms with van der Waals surface area (Å²) in [5, 5.41) is 7.95. The monoisotopic (exact) mass is 412 g/mol. The first-order chi connectivity index (χ1) is 13.4. The molecule has 1 aromatic heterocycles. The molecular formula is C19H23F3N4O3. The zero-order valence-corrected chi connectivity index (χ0v) is 16.4. The number of halogens is 3. The number of hydrogen-bond donors (Lipinski definition) is 1. The molecular weight excluding hydrogens is 389 g/mol. The Labute approximate surface area is 166 Å². The van der Waals surface area contributed by atoms with Crippen molar-refractivity contribution < 1.29 is 27.1 Å². The SMILES string of the molecule is CC(C)(C)OC(=O)N1C[C@@H](N)CC[C@@H]1c1nnc(-c2ccc(C(F)(F)F)cc2)o1. The van der Waals surface area contributed by atoms with Gasteiger partial charge in [0.05, 0.1) is 5.56 Å². The molecule has 0 spiro atoms. The van der Waals surface area contributed by atoms with Gasteiger partial charge in [0.2, 0.25) is 11.8 Å². The maximum absolute atomic E-state index is 12.7. The summed E-state index contributed by atoms with van der Waals surface area (Å²) < 4.78 is 49.3. The van der Waals surface area contributed by atoms with Crippen molar-refractivity contribution in [3.05, 3.63) is 35.7 Å². The Morgan fingerprint density at radius 3 is 2.41 bits per heavy atom. The number of rotatable bonds is 2. The van der Waals surface area contributed by atoms with Crippen LogP contribution in [0.2, 0.25) is 0 Å². The molecule has 1 aliphatic heterocycles. The van der Waals surface area contributed by atoms with Crippen LogP contribution < -0.4 is 5.73 Å². The predicted octanol–water partition coefficient (Wildman–Crippen LogP) is 4.15. The van der Waals surface area contributed by atoms with Crippen molar-refractivity contribution in [2.24, 2.45) is 5.73 Å². The maximum Gasteiger partial charge on any atom is 0.416 e. The molecule has 1 aromatic carbocycles. The molecule has 1 aliphatic rings. The van der Waals surface area contributed by atoms with Gasteiger partial charge in [-0.05, 0) is 57.9 Å². The Hall–Kier alpha value is -2.62. The first-order valence-corrected chi connectivity index (χ1v) is 9.20. The molecule has 0 unspecified atom stereocenters. The lowest BCUT2D eigenvalue weighted by molar-refractivity contribution is -0.137. The topological polar surface area (TPSA) is 94.5 Å². The molecule has 0 saturated carbocycles. The van der Waals surface area contributed by atoms with Crippen LogP contribution in [0.5, 0.6) is 0 Å². The molecule has 29 heavy (non-hydrogen) atoms.